The summed E-state index contributed by atoms with van der Waals surface area (Å²) in [6.45, 7) is 0. The molecule has 9 heteroatoms. The molecular weight excluding hydrogens is 288 g/mol. The molecule has 1 aromatic carbocycles. The van der Waals surface area contributed by atoms with Gasteiger partial charge in [0.25, 0.3) is 11.6 Å². The molecule has 22 heavy (non-hydrogen) atoms. The molecule has 0 bridgehead atoms. The first-order chi connectivity index (χ1) is 10.6. The molecule has 0 spiro atoms. The van der Waals surface area contributed by atoms with E-state index in [1.807, 2.05) is 0 Å². The minimum Gasteiger partial charge on any atom is -0.861 e. The quantitative estimate of drug-likeness (QED) is 0.388. The minimum absolute atomic E-state index is 0.000507. The van der Waals surface area contributed by atoms with Gasteiger partial charge < -0.3 is 5.11 Å². The maximum absolute atomic E-state index is 12.6. The minimum atomic E-state index is -0.754. The van der Waals surface area contributed by atoms with Gasteiger partial charge in [-0.1, -0.05) is 30.1 Å². The number of nitrogens with one attached hydrogen (secondary N) is 1. The molecular formula is C13H13N6O3-. The van der Waals surface area contributed by atoms with Gasteiger partial charge in [0.15, 0.2) is 0 Å². The smallest absolute Gasteiger partial charge is 0.288 e. The molecule has 0 aliphatic heterocycles. The van der Waals surface area contributed by atoms with E-state index >= 15 is 0 Å². The predicted octanol–water partition coefficient (Wildman–Crippen LogP) is 1.01. The summed E-state index contributed by atoms with van der Waals surface area (Å²) in [5.74, 6) is -0.335. The standard InChI is InChI=1S/C13H14N6O3/c20-11(14-12-15-17-18-16-12)13(7-1-2-8-13)9-3-5-10(6-4-9)19(21)22/h3-6H,1-2,7-8H2,(H2,14,15,16,17,18,20)/p-1. The third kappa shape index (κ3) is 2.41. The second kappa shape index (κ2) is 5.51. The van der Waals surface area contributed by atoms with Crippen molar-refractivity contribution in [3.63, 3.8) is 0 Å². The first kappa shape index (κ1) is 14.1. The largest absolute Gasteiger partial charge is 0.861 e. The first-order valence-electron chi connectivity index (χ1n) is 6.86. The summed E-state index contributed by atoms with van der Waals surface area (Å²) < 4.78 is 0. The molecule has 0 amide bonds. The highest BCUT2D eigenvalue weighted by atomic mass is 16.6. The van der Waals surface area contributed by atoms with Gasteiger partial charge in [0, 0.05) is 17.5 Å². The van der Waals surface area contributed by atoms with E-state index < -0.39 is 10.3 Å². The maximum Gasteiger partial charge on any atom is 0.288 e. The van der Waals surface area contributed by atoms with Gasteiger partial charge in [0.1, 0.15) is 0 Å². The van der Waals surface area contributed by atoms with Crippen molar-refractivity contribution in [2.24, 2.45) is 4.99 Å². The van der Waals surface area contributed by atoms with Crippen molar-refractivity contribution in [2.45, 2.75) is 31.1 Å². The monoisotopic (exact) mass is 301 g/mol. The van der Waals surface area contributed by atoms with E-state index in [1.54, 1.807) is 12.1 Å². The topological polar surface area (TPSA) is 133 Å². The zero-order valence-electron chi connectivity index (χ0n) is 11.6. The van der Waals surface area contributed by atoms with E-state index in [1.165, 1.54) is 12.1 Å². The van der Waals surface area contributed by atoms with Crippen molar-refractivity contribution < 1.29 is 10.0 Å². The van der Waals surface area contributed by atoms with E-state index in [0.29, 0.717) is 12.8 Å². The Hall–Kier alpha value is -2.84. The Kier molecular flexibility index (Phi) is 3.53. The molecule has 2 aromatic rings. The molecule has 0 saturated heterocycles. The molecule has 9 nitrogen and oxygen atoms in total. The number of rotatable bonds is 4. The predicted molar refractivity (Wildman–Crippen MR) is 74.5 cm³/mol. The summed E-state index contributed by atoms with van der Waals surface area (Å²) in [4.78, 5) is 14.2. The van der Waals surface area contributed by atoms with Gasteiger partial charge in [-0.3, -0.25) is 10.1 Å². The van der Waals surface area contributed by atoms with Crippen LogP contribution in [0.25, 0.3) is 0 Å². The number of hydrogen-bond donors (Lipinski definition) is 1. The number of tetrazole rings is 1. The van der Waals surface area contributed by atoms with Crippen molar-refractivity contribution in [2.75, 3.05) is 0 Å². The maximum atomic E-state index is 12.6. The van der Waals surface area contributed by atoms with E-state index in [0.717, 1.165) is 18.4 Å². The van der Waals surface area contributed by atoms with Crippen LogP contribution in [0.2, 0.25) is 0 Å². The lowest BCUT2D eigenvalue weighted by Gasteiger charge is -2.34. The second-order valence-corrected chi connectivity index (χ2v) is 5.22. The fourth-order valence-electron chi connectivity index (χ4n) is 2.91. The van der Waals surface area contributed by atoms with Crippen LogP contribution in [0.5, 0.6) is 0 Å². The van der Waals surface area contributed by atoms with Crippen molar-refractivity contribution in [3.8, 4) is 0 Å². The lowest BCUT2D eigenvalue weighted by Crippen LogP contribution is -2.41. The molecule has 1 fully saturated rings. The number of H-pyrrole nitrogens is 1. The lowest BCUT2D eigenvalue weighted by molar-refractivity contribution is -0.384. The number of nitrogens with zero attached hydrogens (tertiary/aromatic N) is 5. The number of nitro groups is 1. The van der Waals surface area contributed by atoms with Gasteiger partial charge in [0.05, 0.1) is 4.92 Å². The normalized spacial score (nSPS) is 17.5. The molecule has 1 aliphatic carbocycles. The molecule has 0 radical (unpaired) electrons. The molecule has 1 heterocycles. The molecule has 1 N–H and O–H groups in total. The second-order valence-electron chi connectivity index (χ2n) is 5.22. The Morgan fingerprint density at radius 3 is 2.50 bits per heavy atom. The van der Waals surface area contributed by atoms with Crippen LogP contribution in [0.15, 0.2) is 29.3 Å². The fourth-order valence-corrected chi connectivity index (χ4v) is 2.91. The average molecular weight is 301 g/mol. The van der Waals surface area contributed by atoms with E-state index in [2.05, 4.69) is 25.6 Å². The molecule has 1 aliphatic rings. The molecule has 0 unspecified atom stereocenters. The van der Waals surface area contributed by atoms with Crippen LogP contribution in [0.4, 0.5) is 11.6 Å². The number of nitro benzene ring substituents is 1. The van der Waals surface area contributed by atoms with E-state index in [9.17, 15) is 15.2 Å². The van der Waals surface area contributed by atoms with Gasteiger partial charge in [-0.25, -0.2) is 4.99 Å². The van der Waals surface area contributed by atoms with Crippen LogP contribution >= 0.6 is 0 Å². The molecule has 0 atom stereocenters. The van der Waals surface area contributed by atoms with Crippen molar-refractivity contribution in [1.29, 1.82) is 0 Å². The van der Waals surface area contributed by atoms with E-state index in [4.69, 9.17) is 0 Å². The first-order valence-corrected chi connectivity index (χ1v) is 6.86. The number of hydrogen-bond acceptors (Lipinski definition) is 7. The van der Waals surface area contributed by atoms with Crippen LogP contribution in [0.1, 0.15) is 31.2 Å². The van der Waals surface area contributed by atoms with Crippen molar-refractivity contribution in [3.05, 3.63) is 39.9 Å². The Morgan fingerprint density at radius 2 is 1.95 bits per heavy atom. The third-order valence-corrected chi connectivity index (χ3v) is 4.03. The number of aromatic amines is 1. The average Bonchev–Trinajstić information content (AvgIpc) is 3.19. The summed E-state index contributed by atoms with van der Waals surface area (Å²) in [5.41, 5.74) is -0.0113. The molecule has 114 valence electrons. The van der Waals surface area contributed by atoms with Crippen molar-refractivity contribution >= 4 is 17.5 Å². The van der Waals surface area contributed by atoms with Gasteiger partial charge in [-0.05, 0) is 29.5 Å². The molecule has 3 rings (SSSR count). The summed E-state index contributed by atoms with van der Waals surface area (Å²) in [5, 5.41) is 36.3. The van der Waals surface area contributed by atoms with E-state index in [-0.39, 0.29) is 17.5 Å². The zero-order chi connectivity index (χ0) is 15.6. The van der Waals surface area contributed by atoms with Crippen LogP contribution in [0, 0.1) is 10.1 Å². The highest BCUT2D eigenvalue weighted by molar-refractivity contribution is 5.86. The summed E-state index contributed by atoms with van der Waals surface area (Å²) >= 11 is 0. The highest BCUT2D eigenvalue weighted by Crippen LogP contribution is 2.42. The van der Waals surface area contributed by atoms with Crippen LogP contribution < -0.4 is 5.11 Å². The number of non-ortho nitro benzene ring substituents is 1. The summed E-state index contributed by atoms with van der Waals surface area (Å²) in [6, 6.07) is 6.09. The molecule has 1 aromatic heterocycles. The Morgan fingerprint density at radius 1 is 1.27 bits per heavy atom. The van der Waals surface area contributed by atoms with Crippen molar-refractivity contribution in [1.82, 2.24) is 20.6 Å². The van der Waals surface area contributed by atoms with Crippen LogP contribution in [-0.4, -0.2) is 31.4 Å². The zero-order valence-corrected chi connectivity index (χ0v) is 11.6. The van der Waals surface area contributed by atoms with Gasteiger partial charge in [-0.2, -0.15) is 5.21 Å². The highest BCUT2D eigenvalue weighted by Gasteiger charge is 2.36. The fraction of sp³-hybridized carbons (Fsp3) is 0.385. The summed E-state index contributed by atoms with van der Waals surface area (Å²) in [6.07, 6.45) is 3.13. The Balaban J connectivity index is 1.99. The number of benzene rings is 1. The number of aliphatic imine (C=N–C) groups is 1. The van der Waals surface area contributed by atoms with Crippen LogP contribution in [-0.2, 0) is 5.41 Å². The lowest BCUT2D eigenvalue weighted by atomic mass is 9.78. The van der Waals surface area contributed by atoms with Crippen LogP contribution in [0.3, 0.4) is 0 Å². The third-order valence-electron chi connectivity index (χ3n) is 4.03. The van der Waals surface area contributed by atoms with Gasteiger partial charge >= 0.3 is 0 Å². The van der Waals surface area contributed by atoms with Gasteiger partial charge in [0.2, 0.25) is 0 Å². The SMILES string of the molecule is O=[N+]([O-])c1ccc(C2(C([O-])=Nc3nn[nH]n3)CCCC2)cc1. The number of aromatic nitrogens is 4. The molecule has 1 saturated carbocycles. The summed E-state index contributed by atoms with van der Waals surface area (Å²) in [7, 11) is 0. The van der Waals surface area contributed by atoms with Gasteiger partial charge in [-0.15, -0.1) is 5.10 Å². The Labute approximate surface area is 125 Å². The Bertz CT molecular complexity index is 689.